The van der Waals surface area contributed by atoms with Crippen LogP contribution < -0.4 is 19.1 Å². The molecule has 0 radical (unpaired) electrons. The molecule has 3 aliphatic rings. The highest BCUT2D eigenvalue weighted by Crippen LogP contribution is 2.44. The van der Waals surface area contributed by atoms with Crippen molar-refractivity contribution in [1.29, 1.82) is 0 Å². The molecular weight excluding hydrogens is 558 g/mol. The lowest BCUT2D eigenvalue weighted by atomic mass is 9.70. The Kier molecular flexibility index (Phi) is 9.89. The topological polar surface area (TPSA) is 53.6 Å². The molecular formula is C32H38ClN3O2S2. The van der Waals surface area contributed by atoms with Gasteiger partial charge in [0, 0.05) is 39.9 Å². The maximum Gasteiger partial charge on any atom is 0.217 e. The van der Waals surface area contributed by atoms with E-state index in [0.29, 0.717) is 13.0 Å². The van der Waals surface area contributed by atoms with Crippen LogP contribution in [0.4, 0.5) is 5.69 Å². The van der Waals surface area contributed by atoms with Gasteiger partial charge in [-0.25, -0.2) is 0 Å². The Morgan fingerprint density at radius 2 is 1.93 bits per heavy atom. The molecule has 3 aromatic carbocycles. The van der Waals surface area contributed by atoms with Crippen LogP contribution in [-0.2, 0) is 23.1 Å². The highest BCUT2D eigenvalue weighted by atomic mass is 35.5. The Balaban J connectivity index is 0.000000194. The van der Waals surface area contributed by atoms with Gasteiger partial charge in [-0.15, -0.1) is 0 Å². The fourth-order valence-corrected chi connectivity index (χ4v) is 7.31. The number of benzene rings is 3. The van der Waals surface area contributed by atoms with Gasteiger partial charge in [0.2, 0.25) is 6.41 Å². The Hall–Kier alpha value is -2.32. The average Bonchev–Trinajstić information content (AvgIpc) is 3.08. The van der Waals surface area contributed by atoms with E-state index in [1.54, 1.807) is 11.9 Å². The molecule has 1 spiro atoms. The molecule has 1 atom stereocenters. The lowest BCUT2D eigenvalue weighted by molar-refractivity contribution is -0.107. The molecule has 40 heavy (non-hydrogen) atoms. The normalized spacial score (nSPS) is 19.7. The first kappa shape index (κ1) is 29.2. The molecule has 212 valence electrons. The number of amides is 1. The number of nitrogens with zero attached hydrogens (tertiary/aromatic N) is 1. The summed E-state index contributed by atoms with van der Waals surface area (Å²) in [6.45, 7) is 3.76. The molecule has 1 aliphatic heterocycles. The number of carbonyl (C=O) groups is 1. The van der Waals surface area contributed by atoms with Crippen LogP contribution in [0.1, 0.15) is 55.7 Å². The Labute approximate surface area is 252 Å². The number of hydrogen-bond donors (Lipinski definition) is 2. The quantitative estimate of drug-likeness (QED) is 0.217. The fraction of sp³-hybridized carbons (Fsp3) is 0.406. The SMILES string of the molecule is CCc1cccc(SNC2CCC2)c1.CN1C[C@@]2(CCCc3cc(Cl)ccc32)COc2ccc(SNC=O)cc21. The summed E-state index contributed by atoms with van der Waals surface area (Å²) in [5, 5.41) is 0.802. The molecule has 6 rings (SSSR count). The van der Waals surface area contributed by atoms with E-state index >= 15 is 0 Å². The smallest absolute Gasteiger partial charge is 0.217 e. The predicted octanol–water partition coefficient (Wildman–Crippen LogP) is 7.59. The molecule has 2 aliphatic carbocycles. The van der Waals surface area contributed by atoms with Crippen molar-refractivity contribution < 1.29 is 9.53 Å². The van der Waals surface area contributed by atoms with Crippen LogP contribution in [0.5, 0.6) is 5.75 Å². The number of halogens is 1. The van der Waals surface area contributed by atoms with Gasteiger partial charge in [0.05, 0.1) is 12.3 Å². The molecule has 0 unspecified atom stereocenters. The van der Waals surface area contributed by atoms with Crippen LogP contribution in [0.3, 0.4) is 0 Å². The van der Waals surface area contributed by atoms with Crippen molar-refractivity contribution in [3.63, 3.8) is 0 Å². The summed E-state index contributed by atoms with van der Waals surface area (Å²) in [6, 6.07) is 21.8. The van der Waals surface area contributed by atoms with Crippen LogP contribution in [0.25, 0.3) is 0 Å². The summed E-state index contributed by atoms with van der Waals surface area (Å²) >= 11 is 9.31. The standard InChI is InChI=1S/C20H21ClN2O2S.C12H17NS/c1-23-11-20(8-2-3-14-9-15(21)4-6-17(14)20)12-25-19-7-5-16(10-18(19)23)26-22-13-24;1-2-10-5-3-8-12(9-10)14-13-11-6-4-7-11/h4-7,9-10,13H,2-3,8,11-12H2,1H3,(H,22,24);3,5,8-9,11,13H,2,4,6-7H2,1H3/t20-;/m0./s1. The van der Waals surface area contributed by atoms with Gasteiger partial charge in [0.25, 0.3) is 0 Å². The number of aryl methyl sites for hydroxylation is 2. The molecule has 0 bridgehead atoms. The van der Waals surface area contributed by atoms with Crippen molar-refractivity contribution >= 4 is 47.6 Å². The first-order chi connectivity index (χ1) is 19.5. The third-order valence-corrected chi connectivity index (χ3v) is 9.99. The zero-order chi connectivity index (χ0) is 28.0. The third kappa shape index (κ3) is 6.93. The van der Waals surface area contributed by atoms with Crippen molar-refractivity contribution in [2.75, 3.05) is 25.1 Å². The maximum atomic E-state index is 10.6. The van der Waals surface area contributed by atoms with Crippen molar-refractivity contribution in [3.05, 3.63) is 82.4 Å². The molecule has 0 aromatic heterocycles. The number of ether oxygens (including phenoxy) is 1. The predicted molar refractivity (Wildman–Crippen MR) is 169 cm³/mol. The first-order valence-electron chi connectivity index (χ1n) is 14.1. The van der Waals surface area contributed by atoms with E-state index < -0.39 is 0 Å². The van der Waals surface area contributed by atoms with Crippen LogP contribution in [0.15, 0.2) is 70.5 Å². The molecule has 2 N–H and O–H groups in total. The second-order valence-electron chi connectivity index (χ2n) is 10.9. The van der Waals surface area contributed by atoms with Crippen molar-refractivity contribution in [2.24, 2.45) is 0 Å². The molecule has 0 saturated heterocycles. The number of nitrogens with one attached hydrogen (secondary N) is 2. The molecule has 1 saturated carbocycles. The van der Waals surface area contributed by atoms with E-state index in [4.69, 9.17) is 16.3 Å². The van der Waals surface area contributed by atoms with Crippen LogP contribution >= 0.6 is 35.5 Å². The Morgan fingerprint density at radius 3 is 2.70 bits per heavy atom. The number of carbonyl (C=O) groups excluding carboxylic acids is 1. The minimum absolute atomic E-state index is 0.0275. The summed E-state index contributed by atoms with van der Waals surface area (Å²) in [6.07, 6.45) is 9.23. The maximum absolute atomic E-state index is 10.6. The Morgan fingerprint density at radius 1 is 1.07 bits per heavy atom. The van der Waals surface area contributed by atoms with Crippen molar-refractivity contribution in [2.45, 2.75) is 73.1 Å². The van der Waals surface area contributed by atoms with E-state index in [9.17, 15) is 4.79 Å². The molecule has 8 heteroatoms. The lowest BCUT2D eigenvalue weighted by Crippen LogP contribution is -2.44. The van der Waals surface area contributed by atoms with Crippen LogP contribution in [0.2, 0.25) is 5.02 Å². The second-order valence-corrected chi connectivity index (χ2v) is 13.2. The molecule has 3 aromatic rings. The summed E-state index contributed by atoms with van der Waals surface area (Å²) in [4.78, 5) is 15.2. The minimum atomic E-state index is -0.0275. The number of anilines is 1. The number of likely N-dealkylation sites (N-methyl/N-ethyl adjacent to an activating group) is 1. The zero-order valence-corrected chi connectivity index (χ0v) is 25.6. The molecule has 5 nitrogen and oxygen atoms in total. The highest BCUT2D eigenvalue weighted by Gasteiger charge is 2.40. The van der Waals surface area contributed by atoms with E-state index in [-0.39, 0.29) is 5.41 Å². The van der Waals surface area contributed by atoms with E-state index in [1.165, 1.54) is 52.8 Å². The zero-order valence-electron chi connectivity index (χ0n) is 23.3. The van der Waals surface area contributed by atoms with Gasteiger partial charge in [0.15, 0.2) is 0 Å². The van der Waals surface area contributed by atoms with Crippen molar-refractivity contribution in [3.8, 4) is 5.75 Å². The highest BCUT2D eigenvalue weighted by molar-refractivity contribution is 7.98. The van der Waals surface area contributed by atoms with Crippen molar-refractivity contribution in [1.82, 2.24) is 9.44 Å². The first-order valence-corrected chi connectivity index (χ1v) is 16.1. The van der Waals surface area contributed by atoms with E-state index in [0.717, 1.165) is 59.6 Å². The van der Waals surface area contributed by atoms with Gasteiger partial charge in [-0.2, -0.15) is 0 Å². The summed E-state index contributed by atoms with van der Waals surface area (Å²) in [7, 11) is 2.11. The minimum Gasteiger partial charge on any atom is -0.490 e. The molecule has 1 heterocycles. The molecule has 1 fully saturated rings. The lowest BCUT2D eigenvalue weighted by Gasteiger charge is -2.39. The van der Waals surface area contributed by atoms with Gasteiger partial charge in [-0.05, 0) is 122 Å². The largest absolute Gasteiger partial charge is 0.490 e. The average molecular weight is 596 g/mol. The Bertz CT molecular complexity index is 1320. The monoisotopic (exact) mass is 595 g/mol. The third-order valence-electron chi connectivity index (χ3n) is 8.11. The van der Waals surface area contributed by atoms with Gasteiger partial charge < -0.3 is 9.64 Å². The van der Waals surface area contributed by atoms with Crippen LogP contribution in [-0.4, -0.2) is 32.7 Å². The summed E-state index contributed by atoms with van der Waals surface area (Å²) < 4.78 is 12.4. The number of fused-ring (bicyclic) bond motifs is 3. The second kappa shape index (κ2) is 13.6. The van der Waals surface area contributed by atoms with Gasteiger partial charge >= 0.3 is 0 Å². The number of rotatable bonds is 7. The van der Waals surface area contributed by atoms with E-state index in [2.05, 4.69) is 70.8 Å². The number of hydrogen-bond acceptors (Lipinski definition) is 6. The summed E-state index contributed by atoms with van der Waals surface area (Å²) in [5.74, 6) is 0.890. The van der Waals surface area contributed by atoms with Gasteiger partial charge in [-0.3, -0.25) is 14.2 Å². The van der Waals surface area contributed by atoms with Gasteiger partial charge in [-0.1, -0.05) is 43.1 Å². The van der Waals surface area contributed by atoms with Gasteiger partial charge in [0.1, 0.15) is 5.75 Å². The molecule has 1 amide bonds. The fourth-order valence-electron chi connectivity index (χ4n) is 5.73. The van der Waals surface area contributed by atoms with E-state index in [1.807, 2.05) is 18.2 Å². The van der Waals surface area contributed by atoms with Crippen LogP contribution in [0, 0.1) is 0 Å². The summed E-state index contributed by atoms with van der Waals surface area (Å²) in [5.41, 5.74) is 5.16.